The highest BCUT2D eigenvalue weighted by molar-refractivity contribution is 7.16. The predicted molar refractivity (Wildman–Crippen MR) is 73.2 cm³/mol. The van der Waals surface area contributed by atoms with Crippen LogP contribution in [-0.4, -0.2) is 9.55 Å². The van der Waals surface area contributed by atoms with Crippen molar-refractivity contribution in [3.8, 4) is 11.3 Å². The smallest absolute Gasteiger partial charge is 0.0866 e. The fourth-order valence-corrected chi connectivity index (χ4v) is 2.87. The molecule has 3 nitrogen and oxygen atoms in total. The minimum atomic E-state index is 0.840. The Kier molecular flexibility index (Phi) is 2.19. The number of thiophene rings is 1. The first-order chi connectivity index (χ1) is 8.15. The van der Waals surface area contributed by atoms with Gasteiger partial charge in [-0.05, 0) is 25.1 Å². The van der Waals surface area contributed by atoms with Gasteiger partial charge in [-0.15, -0.1) is 11.3 Å². The molecule has 3 aromatic heterocycles. The third-order valence-corrected chi connectivity index (χ3v) is 3.86. The molecule has 0 aliphatic heterocycles. The fraction of sp³-hybridized carbons (Fsp3) is 0.154. The number of hydrogen-bond acceptors (Lipinski definition) is 3. The second-order valence-corrected chi connectivity index (χ2v) is 5.46. The maximum atomic E-state index is 5.82. The molecule has 4 heteroatoms. The number of nitrogen functional groups attached to an aromatic ring is 1. The van der Waals surface area contributed by atoms with Gasteiger partial charge >= 0.3 is 0 Å². The molecule has 3 aromatic rings. The maximum absolute atomic E-state index is 5.82. The second kappa shape index (κ2) is 3.60. The van der Waals surface area contributed by atoms with E-state index in [9.17, 15) is 0 Å². The van der Waals surface area contributed by atoms with Crippen molar-refractivity contribution in [2.24, 2.45) is 7.05 Å². The third kappa shape index (κ3) is 1.61. The molecule has 0 saturated heterocycles. The number of hydrogen-bond donors (Lipinski definition) is 1. The standard InChI is InChI=1S/C13H13N3S/c1-8-10(6-13(14)17-8)11-5-9-3-4-16(2)12(9)7-15-11/h3-7H,14H2,1-2H3. The van der Waals surface area contributed by atoms with Crippen molar-refractivity contribution in [2.75, 3.05) is 5.73 Å². The Labute approximate surface area is 104 Å². The highest BCUT2D eigenvalue weighted by Crippen LogP contribution is 2.32. The van der Waals surface area contributed by atoms with Gasteiger partial charge in [0.1, 0.15) is 0 Å². The van der Waals surface area contributed by atoms with Gasteiger partial charge < -0.3 is 10.3 Å². The molecule has 0 aliphatic rings. The normalized spacial score (nSPS) is 11.2. The number of nitrogens with two attached hydrogens (primary N) is 1. The molecular weight excluding hydrogens is 230 g/mol. The van der Waals surface area contributed by atoms with Crippen LogP contribution in [0.4, 0.5) is 5.00 Å². The molecule has 3 heterocycles. The Bertz CT molecular complexity index is 694. The number of rotatable bonds is 1. The Morgan fingerprint density at radius 3 is 2.88 bits per heavy atom. The number of fused-ring (bicyclic) bond motifs is 1. The minimum absolute atomic E-state index is 0.840. The molecule has 0 fully saturated rings. The van der Waals surface area contributed by atoms with Crippen LogP contribution in [0.3, 0.4) is 0 Å². The molecule has 0 aliphatic carbocycles. The lowest BCUT2D eigenvalue weighted by Crippen LogP contribution is -1.87. The van der Waals surface area contributed by atoms with Crippen molar-refractivity contribution >= 4 is 27.2 Å². The van der Waals surface area contributed by atoms with Gasteiger partial charge in [0.25, 0.3) is 0 Å². The van der Waals surface area contributed by atoms with E-state index >= 15 is 0 Å². The number of aryl methyl sites for hydroxylation is 2. The quantitative estimate of drug-likeness (QED) is 0.713. The molecule has 17 heavy (non-hydrogen) atoms. The number of pyridine rings is 1. The molecule has 0 amide bonds. The third-order valence-electron chi connectivity index (χ3n) is 2.98. The molecule has 0 aromatic carbocycles. The van der Waals surface area contributed by atoms with Crippen molar-refractivity contribution in [1.29, 1.82) is 0 Å². The van der Waals surface area contributed by atoms with E-state index in [0.717, 1.165) is 21.8 Å². The van der Waals surface area contributed by atoms with Gasteiger partial charge in [0.15, 0.2) is 0 Å². The van der Waals surface area contributed by atoms with Crippen LogP contribution in [0, 0.1) is 6.92 Å². The summed E-state index contributed by atoms with van der Waals surface area (Å²) >= 11 is 1.61. The summed E-state index contributed by atoms with van der Waals surface area (Å²) in [6.07, 6.45) is 3.96. The van der Waals surface area contributed by atoms with E-state index in [-0.39, 0.29) is 0 Å². The first-order valence-corrected chi connectivity index (χ1v) is 6.24. The molecule has 0 bridgehead atoms. The first-order valence-electron chi connectivity index (χ1n) is 5.42. The largest absolute Gasteiger partial charge is 0.391 e. The molecule has 3 rings (SSSR count). The summed E-state index contributed by atoms with van der Waals surface area (Å²) in [5.41, 5.74) is 9.10. The van der Waals surface area contributed by atoms with Gasteiger partial charge in [-0.3, -0.25) is 4.98 Å². The topological polar surface area (TPSA) is 43.8 Å². The summed E-state index contributed by atoms with van der Waals surface area (Å²) < 4.78 is 2.07. The van der Waals surface area contributed by atoms with Crippen molar-refractivity contribution in [3.63, 3.8) is 0 Å². The molecule has 86 valence electrons. The average molecular weight is 243 g/mol. The van der Waals surface area contributed by atoms with Gasteiger partial charge in [-0.25, -0.2) is 0 Å². The zero-order chi connectivity index (χ0) is 12.0. The van der Waals surface area contributed by atoms with Crippen molar-refractivity contribution in [3.05, 3.63) is 35.5 Å². The number of aromatic nitrogens is 2. The van der Waals surface area contributed by atoms with Gasteiger partial charge in [0.05, 0.1) is 22.4 Å². The van der Waals surface area contributed by atoms with Crippen LogP contribution in [0.15, 0.2) is 30.6 Å². The van der Waals surface area contributed by atoms with E-state index in [1.165, 1.54) is 10.3 Å². The van der Waals surface area contributed by atoms with Crippen molar-refractivity contribution in [2.45, 2.75) is 6.92 Å². The Balaban J connectivity index is 2.21. The zero-order valence-corrected chi connectivity index (χ0v) is 10.6. The average Bonchev–Trinajstić information content (AvgIpc) is 2.82. The predicted octanol–water partition coefficient (Wildman–Crippen LogP) is 3.19. The van der Waals surface area contributed by atoms with Crippen LogP contribution < -0.4 is 5.73 Å². The summed E-state index contributed by atoms with van der Waals surface area (Å²) in [7, 11) is 2.03. The highest BCUT2D eigenvalue weighted by atomic mass is 32.1. The molecule has 0 spiro atoms. The molecule has 0 atom stereocenters. The molecule has 0 radical (unpaired) electrons. The van der Waals surface area contributed by atoms with Crippen LogP contribution in [0.1, 0.15) is 4.88 Å². The number of anilines is 1. The van der Waals surface area contributed by atoms with Gasteiger partial charge in [-0.1, -0.05) is 0 Å². The SMILES string of the molecule is Cc1sc(N)cc1-c1cc2ccn(C)c2cn1. The highest BCUT2D eigenvalue weighted by Gasteiger charge is 2.08. The Morgan fingerprint density at radius 1 is 1.35 bits per heavy atom. The van der Waals surface area contributed by atoms with Crippen molar-refractivity contribution in [1.82, 2.24) is 9.55 Å². The number of nitrogens with zero attached hydrogens (tertiary/aromatic N) is 2. The van der Waals surface area contributed by atoms with Crippen LogP contribution in [0.5, 0.6) is 0 Å². The van der Waals surface area contributed by atoms with E-state index in [2.05, 4.69) is 28.6 Å². The lowest BCUT2D eigenvalue weighted by atomic mass is 10.1. The lowest BCUT2D eigenvalue weighted by Gasteiger charge is -2.01. The summed E-state index contributed by atoms with van der Waals surface area (Å²) in [5, 5.41) is 2.05. The minimum Gasteiger partial charge on any atom is -0.391 e. The van der Waals surface area contributed by atoms with Gasteiger partial charge in [0, 0.05) is 29.1 Å². The van der Waals surface area contributed by atoms with Gasteiger partial charge in [-0.2, -0.15) is 0 Å². The van der Waals surface area contributed by atoms with Gasteiger partial charge in [0.2, 0.25) is 0 Å². The second-order valence-electron chi connectivity index (χ2n) is 4.17. The van der Waals surface area contributed by atoms with Crippen molar-refractivity contribution < 1.29 is 0 Å². The Hall–Kier alpha value is -1.81. The van der Waals surface area contributed by atoms with Crippen LogP contribution in [0.25, 0.3) is 22.2 Å². The van der Waals surface area contributed by atoms with E-state index in [0.29, 0.717) is 0 Å². The molecule has 2 N–H and O–H groups in total. The zero-order valence-electron chi connectivity index (χ0n) is 9.77. The Morgan fingerprint density at radius 2 is 2.18 bits per heavy atom. The molecule has 0 saturated carbocycles. The summed E-state index contributed by atoms with van der Waals surface area (Å²) in [4.78, 5) is 5.73. The molecule has 0 unspecified atom stereocenters. The van der Waals surface area contributed by atoms with Crippen LogP contribution in [0.2, 0.25) is 0 Å². The summed E-state index contributed by atoms with van der Waals surface area (Å²) in [6, 6.07) is 6.21. The summed E-state index contributed by atoms with van der Waals surface area (Å²) in [5.74, 6) is 0. The maximum Gasteiger partial charge on any atom is 0.0866 e. The van der Waals surface area contributed by atoms with Crippen LogP contribution in [-0.2, 0) is 7.05 Å². The van der Waals surface area contributed by atoms with E-state index in [1.54, 1.807) is 11.3 Å². The fourth-order valence-electron chi connectivity index (χ4n) is 2.07. The van der Waals surface area contributed by atoms with E-state index in [4.69, 9.17) is 5.73 Å². The lowest BCUT2D eigenvalue weighted by molar-refractivity contribution is 0.965. The van der Waals surface area contributed by atoms with E-state index < -0.39 is 0 Å². The van der Waals surface area contributed by atoms with Crippen LogP contribution >= 0.6 is 11.3 Å². The summed E-state index contributed by atoms with van der Waals surface area (Å²) in [6.45, 7) is 2.08. The first kappa shape index (κ1) is 10.4. The van der Waals surface area contributed by atoms with E-state index in [1.807, 2.05) is 25.5 Å². The monoisotopic (exact) mass is 243 g/mol. The molecular formula is C13H13N3S.